The first-order valence-electron chi connectivity index (χ1n) is 8.14. The van der Waals surface area contributed by atoms with Gasteiger partial charge in [0.1, 0.15) is 17.2 Å². The van der Waals surface area contributed by atoms with Gasteiger partial charge in [0.15, 0.2) is 0 Å². The maximum atomic E-state index is 11.1. The van der Waals surface area contributed by atoms with Crippen LogP contribution in [0.25, 0.3) is 0 Å². The van der Waals surface area contributed by atoms with E-state index in [1.165, 1.54) is 5.56 Å². The van der Waals surface area contributed by atoms with Crippen molar-refractivity contribution in [1.29, 1.82) is 0 Å². The van der Waals surface area contributed by atoms with Crippen LogP contribution in [0.15, 0.2) is 48.5 Å². The fraction of sp³-hybridized carbons (Fsp3) is 0.316. The predicted octanol–water partition coefficient (Wildman–Crippen LogP) is 2.86. The van der Waals surface area contributed by atoms with Gasteiger partial charge >= 0.3 is 0 Å². The van der Waals surface area contributed by atoms with E-state index < -0.39 is 0 Å². The van der Waals surface area contributed by atoms with Crippen molar-refractivity contribution in [3.8, 4) is 17.2 Å². The van der Waals surface area contributed by atoms with E-state index in [0.29, 0.717) is 19.0 Å². The summed E-state index contributed by atoms with van der Waals surface area (Å²) in [6, 6.07) is 15.9. The van der Waals surface area contributed by atoms with Crippen molar-refractivity contribution in [3.05, 3.63) is 54.1 Å². The highest BCUT2D eigenvalue weighted by Crippen LogP contribution is 2.24. The van der Waals surface area contributed by atoms with Gasteiger partial charge in [-0.15, -0.1) is 0 Å². The second-order valence-corrected chi connectivity index (χ2v) is 5.84. The monoisotopic (exact) mass is 326 g/mol. The molecule has 126 valence electrons. The number of benzene rings is 2. The van der Waals surface area contributed by atoms with Crippen LogP contribution in [0, 0.1) is 0 Å². The molecule has 1 aliphatic heterocycles. The largest absolute Gasteiger partial charge is 0.497 e. The number of methoxy groups -OCH3 is 1. The molecule has 2 aromatic rings. The molecule has 1 saturated heterocycles. The Hall–Kier alpha value is -2.53. The van der Waals surface area contributed by atoms with Gasteiger partial charge in [0.05, 0.1) is 7.11 Å². The van der Waals surface area contributed by atoms with Crippen LogP contribution in [0.2, 0.25) is 0 Å². The zero-order valence-corrected chi connectivity index (χ0v) is 13.7. The number of rotatable bonds is 6. The molecule has 0 saturated carbocycles. The van der Waals surface area contributed by atoms with Crippen LogP contribution in [0.5, 0.6) is 17.2 Å². The molecular formula is C19H22N2O3. The fourth-order valence-electron chi connectivity index (χ4n) is 2.62. The summed E-state index contributed by atoms with van der Waals surface area (Å²) in [5.41, 5.74) is 1.19. The molecule has 2 aromatic carbocycles. The zero-order valence-electron chi connectivity index (χ0n) is 13.7. The molecule has 24 heavy (non-hydrogen) atoms. The highest BCUT2D eigenvalue weighted by Gasteiger charge is 2.16. The first-order chi connectivity index (χ1) is 11.7. The molecule has 1 fully saturated rings. The Balaban J connectivity index is 1.50. The maximum Gasteiger partial charge on any atom is 0.220 e. The number of nitrogens with one attached hydrogen (secondary N) is 2. The van der Waals surface area contributed by atoms with Gasteiger partial charge in [-0.3, -0.25) is 4.79 Å². The number of piperidine rings is 1. The van der Waals surface area contributed by atoms with Gasteiger partial charge in [-0.25, -0.2) is 0 Å². The summed E-state index contributed by atoms with van der Waals surface area (Å²) in [4.78, 5) is 11.1. The van der Waals surface area contributed by atoms with Gasteiger partial charge in [-0.1, -0.05) is 12.1 Å². The fourth-order valence-corrected chi connectivity index (χ4v) is 2.62. The number of amides is 1. The van der Waals surface area contributed by atoms with Crippen molar-refractivity contribution in [2.24, 2.45) is 0 Å². The normalized spacial score (nSPS) is 17.2. The van der Waals surface area contributed by atoms with Gasteiger partial charge in [-0.2, -0.15) is 0 Å². The van der Waals surface area contributed by atoms with Crippen molar-refractivity contribution in [1.82, 2.24) is 10.6 Å². The SMILES string of the molecule is COc1ccc(Oc2ccc(CN[C@@H]3CCC(=O)NC3)cc2)cc1. The van der Waals surface area contributed by atoms with Gasteiger partial charge < -0.3 is 20.1 Å². The van der Waals surface area contributed by atoms with E-state index >= 15 is 0 Å². The number of hydrogen-bond donors (Lipinski definition) is 2. The summed E-state index contributed by atoms with van der Waals surface area (Å²) in [6.45, 7) is 1.49. The Morgan fingerprint density at radius 2 is 1.67 bits per heavy atom. The minimum Gasteiger partial charge on any atom is -0.497 e. The van der Waals surface area contributed by atoms with Crippen LogP contribution in [0.1, 0.15) is 18.4 Å². The molecule has 1 amide bonds. The maximum absolute atomic E-state index is 11.1. The number of ether oxygens (including phenoxy) is 2. The van der Waals surface area contributed by atoms with Crippen molar-refractivity contribution < 1.29 is 14.3 Å². The molecule has 2 N–H and O–H groups in total. The summed E-state index contributed by atoms with van der Waals surface area (Å²) < 4.78 is 10.9. The summed E-state index contributed by atoms with van der Waals surface area (Å²) >= 11 is 0. The van der Waals surface area contributed by atoms with E-state index in [0.717, 1.165) is 30.2 Å². The Kier molecular flexibility index (Phi) is 5.33. The second-order valence-electron chi connectivity index (χ2n) is 5.84. The van der Waals surface area contributed by atoms with Crippen LogP contribution in [0.3, 0.4) is 0 Å². The van der Waals surface area contributed by atoms with Crippen molar-refractivity contribution in [2.75, 3.05) is 13.7 Å². The summed E-state index contributed by atoms with van der Waals surface area (Å²) in [5, 5.41) is 6.35. The molecule has 0 aromatic heterocycles. The first kappa shape index (κ1) is 16.3. The van der Waals surface area contributed by atoms with Crippen molar-refractivity contribution >= 4 is 5.91 Å². The van der Waals surface area contributed by atoms with Crippen molar-refractivity contribution in [3.63, 3.8) is 0 Å². The van der Waals surface area contributed by atoms with Gasteiger partial charge in [0, 0.05) is 25.6 Å². The lowest BCUT2D eigenvalue weighted by molar-refractivity contribution is -0.122. The molecule has 0 aliphatic carbocycles. The quantitative estimate of drug-likeness (QED) is 0.857. The molecule has 0 radical (unpaired) electrons. The van der Waals surface area contributed by atoms with Crippen molar-refractivity contribution in [2.45, 2.75) is 25.4 Å². The lowest BCUT2D eigenvalue weighted by Gasteiger charge is -2.23. The molecule has 0 unspecified atom stereocenters. The molecule has 0 spiro atoms. The minimum absolute atomic E-state index is 0.146. The van der Waals surface area contributed by atoms with E-state index in [2.05, 4.69) is 10.6 Å². The van der Waals surface area contributed by atoms with Gasteiger partial charge in [0.2, 0.25) is 5.91 Å². The molecule has 1 heterocycles. The Bertz CT molecular complexity index is 658. The van der Waals surface area contributed by atoms with Gasteiger partial charge in [-0.05, 0) is 48.4 Å². The molecule has 1 atom stereocenters. The Labute approximate surface area is 142 Å². The van der Waals surface area contributed by atoms with Gasteiger partial charge in [0.25, 0.3) is 0 Å². The standard InChI is InChI=1S/C19H22N2O3/c1-23-16-7-9-18(10-8-16)24-17-5-2-14(3-6-17)12-20-15-4-11-19(22)21-13-15/h2-3,5-10,15,20H,4,11-13H2,1H3,(H,21,22)/t15-/m1/s1. The van der Waals surface area contributed by atoms with Crippen LogP contribution < -0.4 is 20.1 Å². The van der Waals surface area contributed by atoms with Crippen LogP contribution >= 0.6 is 0 Å². The lowest BCUT2D eigenvalue weighted by atomic mass is 10.1. The third-order valence-corrected chi connectivity index (χ3v) is 4.08. The smallest absolute Gasteiger partial charge is 0.220 e. The predicted molar refractivity (Wildman–Crippen MR) is 92.4 cm³/mol. The average Bonchev–Trinajstić information content (AvgIpc) is 2.63. The molecule has 1 aliphatic rings. The molecular weight excluding hydrogens is 304 g/mol. The Morgan fingerprint density at radius 1 is 1.04 bits per heavy atom. The average molecular weight is 326 g/mol. The molecule has 5 heteroatoms. The molecule has 0 bridgehead atoms. The van der Waals surface area contributed by atoms with E-state index in [4.69, 9.17) is 9.47 Å². The number of hydrogen-bond acceptors (Lipinski definition) is 4. The number of carbonyl (C=O) groups is 1. The second kappa shape index (κ2) is 7.84. The van der Waals surface area contributed by atoms with Crippen LogP contribution in [0.4, 0.5) is 0 Å². The lowest BCUT2D eigenvalue weighted by Crippen LogP contribution is -2.45. The number of carbonyl (C=O) groups excluding carboxylic acids is 1. The molecule has 5 nitrogen and oxygen atoms in total. The third-order valence-electron chi connectivity index (χ3n) is 4.08. The summed E-state index contributed by atoms with van der Waals surface area (Å²) in [5.74, 6) is 2.53. The van der Waals surface area contributed by atoms with E-state index in [-0.39, 0.29) is 5.91 Å². The highest BCUT2D eigenvalue weighted by molar-refractivity contribution is 5.76. The first-order valence-corrected chi connectivity index (χ1v) is 8.14. The topological polar surface area (TPSA) is 59.6 Å². The van der Waals surface area contributed by atoms with Crippen LogP contribution in [-0.2, 0) is 11.3 Å². The highest BCUT2D eigenvalue weighted by atomic mass is 16.5. The van der Waals surface area contributed by atoms with E-state index in [9.17, 15) is 4.79 Å². The summed E-state index contributed by atoms with van der Waals surface area (Å²) in [6.07, 6.45) is 1.50. The molecule has 3 rings (SSSR count). The summed E-state index contributed by atoms with van der Waals surface area (Å²) in [7, 11) is 1.64. The third kappa shape index (κ3) is 4.49. The zero-order chi connectivity index (χ0) is 16.8. The van der Waals surface area contributed by atoms with E-state index in [1.54, 1.807) is 7.11 Å². The van der Waals surface area contributed by atoms with E-state index in [1.807, 2.05) is 48.5 Å². The van der Waals surface area contributed by atoms with Crippen LogP contribution in [-0.4, -0.2) is 25.6 Å². The Morgan fingerprint density at radius 3 is 2.25 bits per heavy atom. The minimum atomic E-state index is 0.146.